The van der Waals surface area contributed by atoms with Crippen LogP contribution < -0.4 is 15.5 Å². The third kappa shape index (κ3) is 4.23. The normalized spacial score (nSPS) is 11.1. The summed E-state index contributed by atoms with van der Waals surface area (Å²) in [5, 5.41) is 3.25. The molecular weight excluding hydrogens is 394 g/mol. The SMILES string of the molecule is Cc1ccc2oc(-c3ccco3)c(OCC(=O)Nc3ccccc3C(C)C)c(=O)c2c1. The van der Waals surface area contributed by atoms with E-state index in [9.17, 15) is 9.59 Å². The summed E-state index contributed by atoms with van der Waals surface area (Å²) >= 11 is 0. The zero-order valence-corrected chi connectivity index (χ0v) is 17.6. The number of anilines is 1. The van der Waals surface area contributed by atoms with Crippen LogP contribution in [-0.2, 0) is 4.79 Å². The Balaban J connectivity index is 1.65. The fourth-order valence-electron chi connectivity index (χ4n) is 3.43. The van der Waals surface area contributed by atoms with Gasteiger partial charge < -0.3 is 18.9 Å². The molecule has 2 aromatic carbocycles. The van der Waals surface area contributed by atoms with Crippen molar-refractivity contribution in [3.8, 4) is 17.3 Å². The van der Waals surface area contributed by atoms with E-state index in [0.29, 0.717) is 16.7 Å². The zero-order valence-electron chi connectivity index (χ0n) is 17.6. The maximum absolute atomic E-state index is 13.2. The second-order valence-electron chi connectivity index (χ2n) is 7.65. The Morgan fingerprint density at radius 3 is 2.65 bits per heavy atom. The predicted octanol–water partition coefficient (Wildman–Crippen LogP) is 5.50. The Bertz CT molecular complexity index is 1290. The van der Waals surface area contributed by atoms with Gasteiger partial charge in [0.1, 0.15) is 5.58 Å². The molecule has 4 aromatic rings. The van der Waals surface area contributed by atoms with Gasteiger partial charge in [0.15, 0.2) is 12.4 Å². The highest BCUT2D eigenvalue weighted by molar-refractivity contribution is 5.93. The molecule has 0 spiro atoms. The van der Waals surface area contributed by atoms with Gasteiger partial charge in [0.05, 0.1) is 11.6 Å². The second-order valence-corrected chi connectivity index (χ2v) is 7.65. The number of carbonyl (C=O) groups is 1. The number of carbonyl (C=O) groups excluding carboxylic acids is 1. The lowest BCUT2D eigenvalue weighted by Crippen LogP contribution is -2.23. The minimum absolute atomic E-state index is 0.0552. The quantitative estimate of drug-likeness (QED) is 0.448. The summed E-state index contributed by atoms with van der Waals surface area (Å²) in [7, 11) is 0. The first-order valence-electron chi connectivity index (χ1n) is 10.1. The molecule has 2 heterocycles. The van der Waals surface area contributed by atoms with E-state index in [1.165, 1.54) is 6.26 Å². The molecule has 4 rings (SSSR count). The molecule has 0 unspecified atom stereocenters. The van der Waals surface area contributed by atoms with Crippen molar-refractivity contribution >= 4 is 22.6 Å². The van der Waals surface area contributed by atoms with Gasteiger partial charge in [0.25, 0.3) is 5.91 Å². The molecule has 0 radical (unpaired) electrons. The number of para-hydroxylation sites is 1. The summed E-state index contributed by atoms with van der Waals surface area (Å²) in [4.78, 5) is 25.7. The van der Waals surface area contributed by atoms with Gasteiger partial charge in [-0.15, -0.1) is 0 Å². The molecule has 1 amide bonds. The van der Waals surface area contributed by atoms with E-state index in [4.69, 9.17) is 13.6 Å². The Morgan fingerprint density at radius 2 is 1.90 bits per heavy atom. The van der Waals surface area contributed by atoms with Crippen molar-refractivity contribution in [3.05, 3.63) is 82.2 Å². The summed E-state index contributed by atoms with van der Waals surface area (Å²) in [6.07, 6.45) is 1.48. The lowest BCUT2D eigenvalue weighted by molar-refractivity contribution is -0.118. The zero-order chi connectivity index (χ0) is 22.0. The van der Waals surface area contributed by atoms with Gasteiger partial charge in [-0.25, -0.2) is 0 Å². The molecule has 0 saturated carbocycles. The number of nitrogens with one attached hydrogen (secondary N) is 1. The van der Waals surface area contributed by atoms with Crippen LogP contribution in [0.4, 0.5) is 5.69 Å². The van der Waals surface area contributed by atoms with Gasteiger partial charge in [-0.05, 0) is 48.7 Å². The molecule has 0 bridgehead atoms. The smallest absolute Gasteiger partial charge is 0.262 e. The molecule has 0 saturated heterocycles. The van der Waals surface area contributed by atoms with E-state index in [1.807, 2.05) is 37.3 Å². The summed E-state index contributed by atoms with van der Waals surface area (Å²) in [5.74, 6) is 0.322. The summed E-state index contributed by atoms with van der Waals surface area (Å²) in [6.45, 7) is 5.65. The molecule has 6 heteroatoms. The molecular formula is C25H23NO5. The van der Waals surface area contributed by atoms with E-state index in [1.54, 1.807) is 24.3 Å². The maximum Gasteiger partial charge on any atom is 0.262 e. The van der Waals surface area contributed by atoms with Crippen molar-refractivity contribution in [2.45, 2.75) is 26.7 Å². The van der Waals surface area contributed by atoms with Crippen molar-refractivity contribution < 1.29 is 18.4 Å². The van der Waals surface area contributed by atoms with Crippen molar-refractivity contribution in [1.29, 1.82) is 0 Å². The number of hydrogen-bond acceptors (Lipinski definition) is 5. The van der Waals surface area contributed by atoms with Crippen molar-refractivity contribution in [1.82, 2.24) is 0 Å². The van der Waals surface area contributed by atoms with Gasteiger partial charge in [-0.2, -0.15) is 0 Å². The standard InChI is InChI=1S/C25H23NO5/c1-15(2)17-7-4-5-8-19(17)26-22(27)14-30-25-23(28)18-13-16(3)10-11-20(18)31-24(25)21-9-6-12-29-21/h4-13,15H,14H2,1-3H3,(H,26,27). The molecule has 0 aliphatic carbocycles. The highest BCUT2D eigenvalue weighted by atomic mass is 16.5. The minimum atomic E-state index is -0.373. The van der Waals surface area contributed by atoms with Crippen molar-refractivity contribution in [2.75, 3.05) is 11.9 Å². The highest BCUT2D eigenvalue weighted by Crippen LogP contribution is 2.31. The number of aryl methyl sites for hydroxylation is 1. The van der Waals surface area contributed by atoms with Crippen LogP contribution in [0.2, 0.25) is 0 Å². The summed E-state index contributed by atoms with van der Waals surface area (Å²) < 4.78 is 17.0. The number of benzene rings is 2. The number of hydrogen-bond donors (Lipinski definition) is 1. The summed E-state index contributed by atoms with van der Waals surface area (Å²) in [5.41, 5.74) is 2.72. The van der Waals surface area contributed by atoms with Crippen LogP contribution in [0.3, 0.4) is 0 Å². The fourth-order valence-corrected chi connectivity index (χ4v) is 3.43. The van der Waals surface area contributed by atoms with E-state index >= 15 is 0 Å². The Labute approximate surface area is 179 Å². The highest BCUT2D eigenvalue weighted by Gasteiger charge is 2.21. The van der Waals surface area contributed by atoms with Crippen LogP contribution in [0.5, 0.6) is 5.75 Å². The van der Waals surface area contributed by atoms with Crippen LogP contribution in [-0.4, -0.2) is 12.5 Å². The molecule has 0 aliphatic heterocycles. The van der Waals surface area contributed by atoms with E-state index in [-0.39, 0.29) is 35.4 Å². The van der Waals surface area contributed by atoms with E-state index in [0.717, 1.165) is 16.8 Å². The molecule has 0 fully saturated rings. The molecule has 0 atom stereocenters. The van der Waals surface area contributed by atoms with E-state index in [2.05, 4.69) is 19.2 Å². The van der Waals surface area contributed by atoms with Gasteiger partial charge in [0.2, 0.25) is 16.9 Å². The first-order valence-corrected chi connectivity index (χ1v) is 10.1. The molecule has 6 nitrogen and oxygen atoms in total. The second kappa shape index (κ2) is 8.52. The molecule has 158 valence electrons. The van der Waals surface area contributed by atoms with Crippen LogP contribution in [0.25, 0.3) is 22.5 Å². The summed E-state index contributed by atoms with van der Waals surface area (Å²) in [6, 6.07) is 16.3. The third-order valence-electron chi connectivity index (χ3n) is 4.95. The first-order chi connectivity index (χ1) is 14.9. The lowest BCUT2D eigenvalue weighted by Gasteiger charge is -2.14. The Kier molecular flexibility index (Phi) is 5.62. The van der Waals surface area contributed by atoms with Crippen molar-refractivity contribution in [2.24, 2.45) is 0 Å². The van der Waals surface area contributed by atoms with Gasteiger partial charge in [-0.1, -0.05) is 43.7 Å². The monoisotopic (exact) mass is 417 g/mol. The van der Waals surface area contributed by atoms with Gasteiger partial charge >= 0.3 is 0 Å². The number of rotatable bonds is 6. The maximum atomic E-state index is 13.2. The van der Waals surface area contributed by atoms with Crippen LogP contribution >= 0.6 is 0 Å². The van der Waals surface area contributed by atoms with Crippen LogP contribution in [0, 0.1) is 6.92 Å². The number of amides is 1. The average Bonchev–Trinajstić information content (AvgIpc) is 3.28. The predicted molar refractivity (Wildman–Crippen MR) is 120 cm³/mol. The van der Waals surface area contributed by atoms with E-state index < -0.39 is 0 Å². The number of fused-ring (bicyclic) bond motifs is 1. The van der Waals surface area contributed by atoms with Gasteiger partial charge in [0, 0.05) is 5.69 Å². The lowest BCUT2D eigenvalue weighted by atomic mass is 10.0. The Morgan fingerprint density at radius 1 is 1.10 bits per heavy atom. The molecule has 2 aromatic heterocycles. The Hall–Kier alpha value is -3.80. The fraction of sp³-hybridized carbons (Fsp3) is 0.200. The molecule has 0 aliphatic rings. The average molecular weight is 417 g/mol. The number of furan rings is 1. The van der Waals surface area contributed by atoms with Crippen LogP contribution in [0.15, 0.2) is 74.5 Å². The minimum Gasteiger partial charge on any atom is -0.476 e. The van der Waals surface area contributed by atoms with Gasteiger partial charge in [-0.3, -0.25) is 9.59 Å². The largest absolute Gasteiger partial charge is 0.476 e. The first kappa shape index (κ1) is 20.5. The topological polar surface area (TPSA) is 81.7 Å². The molecule has 31 heavy (non-hydrogen) atoms. The van der Waals surface area contributed by atoms with Crippen molar-refractivity contribution in [3.63, 3.8) is 0 Å². The number of ether oxygens (including phenoxy) is 1. The van der Waals surface area contributed by atoms with Crippen LogP contribution in [0.1, 0.15) is 30.9 Å². The third-order valence-corrected chi connectivity index (χ3v) is 4.95. The molecule has 1 N–H and O–H groups in total.